The van der Waals surface area contributed by atoms with E-state index in [1.165, 1.54) is 18.2 Å². The van der Waals surface area contributed by atoms with E-state index < -0.39 is 14.9 Å². The first kappa shape index (κ1) is 18.7. The smallest absolute Gasteiger partial charge is 0.258 e. The molecule has 0 unspecified atom stereocenters. The van der Waals surface area contributed by atoms with Crippen molar-refractivity contribution in [2.45, 2.75) is 25.3 Å². The lowest BCUT2D eigenvalue weighted by atomic mass is 10.1. The Balaban J connectivity index is 2.33. The standard InChI is InChI=1S/C15H14Cl2N2O4S/c1-9-3-4-12(19(20)21)7-15(9)24(22,23)18-8-13-10(2)5-11(16)6-14(13)17/h3-7,18H,8H2,1-2H3. The molecule has 24 heavy (non-hydrogen) atoms. The third-order valence-electron chi connectivity index (χ3n) is 3.49. The Labute approximate surface area is 149 Å². The zero-order chi connectivity index (χ0) is 18.1. The molecule has 6 nitrogen and oxygen atoms in total. The summed E-state index contributed by atoms with van der Waals surface area (Å²) in [5.41, 5.74) is 1.45. The second kappa shape index (κ2) is 7.06. The van der Waals surface area contributed by atoms with E-state index in [2.05, 4.69) is 4.72 Å². The van der Waals surface area contributed by atoms with Crippen LogP contribution in [-0.4, -0.2) is 13.3 Å². The third kappa shape index (κ3) is 4.05. The summed E-state index contributed by atoms with van der Waals surface area (Å²) in [6, 6.07) is 6.89. The summed E-state index contributed by atoms with van der Waals surface area (Å²) < 4.78 is 27.4. The monoisotopic (exact) mass is 388 g/mol. The first-order chi connectivity index (χ1) is 11.1. The van der Waals surface area contributed by atoms with E-state index in [1.807, 2.05) is 0 Å². The van der Waals surface area contributed by atoms with Crippen LogP contribution in [0.25, 0.3) is 0 Å². The van der Waals surface area contributed by atoms with Crippen LogP contribution >= 0.6 is 23.2 Å². The molecule has 2 aromatic rings. The van der Waals surface area contributed by atoms with E-state index in [-0.39, 0.29) is 17.1 Å². The van der Waals surface area contributed by atoms with Crippen LogP contribution in [0.5, 0.6) is 0 Å². The summed E-state index contributed by atoms with van der Waals surface area (Å²) in [4.78, 5) is 10.1. The zero-order valence-electron chi connectivity index (χ0n) is 12.8. The van der Waals surface area contributed by atoms with Crippen LogP contribution in [0.3, 0.4) is 0 Å². The Morgan fingerprint density at radius 1 is 1.12 bits per heavy atom. The van der Waals surface area contributed by atoms with Gasteiger partial charge in [0.2, 0.25) is 10.0 Å². The van der Waals surface area contributed by atoms with Gasteiger partial charge in [0, 0.05) is 28.7 Å². The van der Waals surface area contributed by atoms with Crippen LogP contribution in [-0.2, 0) is 16.6 Å². The van der Waals surface area contributed by atoms with Gasteiger partial charge >= 0.3 is 0 Å². The second-order valence-corrected chi connectivity index (χ2v) is 7.79. The Morgan fingerprint density at radius 2 is 1.79 bits per heavy atom. The summed E-state index contributed by atoms with van der Waals surface area (Å²) in [5.74, 6) is 0. The number of nitrogens with one attached hydrogen (secondary N) is 1. The number of hydrogen-bond donors (Lipinski definition) is 1. The largest absolute Gasteiger partial charge is 0.270 e. The van der Waals surface area contributed by atoms with Crippen LogP contribution in [0.2, 0.25) is 10.0 Å². The van der Waals surface area contributed by atoms with Gasteiger partial charge in [0.05, 0.1) is 9.82 Å². The van der Waals surface area contributed by atoms with E-state index in [4.69, 9.17) is 23.2 Å². The maximum absolute atomic E-state index is 12.5. The number of rotatable bonds is 5. The van der Waals surface area contributed by atoms with Gasteiger partial charge in [0.15, 0.2) is 0 Å². The van der Waals surface area contributed by atoms with Gasteiger partial charge in [-0.25, -0.2) is 13.1 Å². The molecule has 0 heterocycles. The fourth-order valence-corrected chi connectivity index (χ4v) is 4.11. The molecule has 128 valence electrons. The summed E-state index contributed by atoms with van der Waals surface area (Å²) in [6.45, 7) is 3.28. The second-order valence-electron chi connectivity index (χ2n) is 5.21. The molecule has 0 aliphatic rings. The number of halogens is 2. The van der Waals surface area contributed by atoms with Gasteiger partial charge in [-0.05, 0) is 42.7 Å². The van der Waals surface area contributed by atoms with Gasteiger partial charge in [-0.2, -0.15) is 0 Å². The Bertz CT molecular complexity index is 891. The normalized spacial score (nSPS) is 11.5. The molecule has 9 heteroatoms. The molecular formula is C15H14Cl2N2O4S. The minimum Gasteiger partial charge on any atom is -0.258 e. The molecule has 1 N–H and O–H groups in total. The average Bonchev–Trinajstić information content (AvgIpc) is 2.45. The van der Waals surface area contributed by atoms with Crippen molar-refractivity contribution in [2.24, 2.45) is 0 Å². The number of hydrogen-bond acceptors (Lipinski definition) is 4. The van der Waals surface area contributed by atoms with E-state index in [0.29, 0.717) is 21.2 Å². The zero-order valence-corrected chi connectivity index (χ0v) is 15.2. The van der Waals surface area contributed by atoms with Gasteiger partial charge in [-0.15, -0.1) is 0 Å². The van der Waals surface area contributed by atoms with Crippen LogP contribution in [0.15, 0.2) is 35.2 Å². The number of benzene rings is 2. The fraction of sp³-hybridized carbons (Fsp3) is 0.200. The number of sulfonamides is 1. The van der Waals surface area contributed by atoms with Gasteiger partial charge in [-0.3, -0.25) is 10.1 Å². The van der Waals surface area contributed by atoms with Crippen LogP contribution in [0.1, 0.15) is 16.7 Å². The molecule has 0 radical (unpaired) electrons. The molecule has 0 spiro atoms. The Hall–Kier alpha value is -1.67. The van der Waals surface area contributed by atoms with Gasteiger partial charge in [0.1, 0.15) is 0 Å². The summed E-state index contributed by atoms with van der Waals surface area (Å²) in [6.07, 6.45) is 0. The third-order valence-corrected chi connectivity index (χ3v) is 5.59. The van der Waals surface area contributed by atoms with E-state index in [1.54, 1.807) is 19.9 Å². The van der Waals surface area contributed by atoms with Crippen LogP contribution < -0.4 is 4.72 Å². The number of nitro benzene ring substituents is 1. The highest BCUT2D eigenvalue weighted by Crippen LogP contribution is 2.26. The number of nitro groups is 1. The van der Waals surface area contributed by atoms with Crippen molar-refractivity contribution in [3.05, 3.63) is 67.2 Å². The van der Waals surface area contributed by atoms with Crippen molar-refractivity contribution >= 4 is 38.9 Å². The van der Waals surface area contributed by atoms with Crippen molar-refractivity contribution in [3.63, 3.8) is 0 Å². The molecule has 2 rings (SSSR count). The van der Waals surface area contributed by atoms with E-state index >= 15 is 0 Å². The molecule has 2 aromatic carbocycles. The molecule has 0 aliphatic heterocycles. The predicted molar refractivity (Wildman–Crippen MR) is 93.1 cm³/mol. The van der Waals surface area contributed by atoms with Crippen molar-refractivity contribution in [1.29, 1.82) is 0 Å². The first-order valence-electron chi connectivity index (χ1n) is 6.81. The fourth-order valence-electron chi connectivity index (χ4n) is 2.19. The molecule has 0 saturated heterocycles. The highest BCUT2D eigenvalue weighted by molar-refractivity contribution is 7.89. The Kier molecular flexibility index (Phi) is 5.49. The molecule has 0 bridgehead atoms. The van der Waals surface area contributed by atoms with Crippen molar-refractivity contribution in [2.75, 3.05) is 0 Å². The van der Waals surface area contributed by atoms with Crippen molar-refractivity contribution in [1.82, 2.24) is 4.72 Å². The van der Waals surface area contributed by atoms with Crippen LogP contribution in [0, 0.1) is 24.0 Å². The van der Waals surface area contributed by atoms with Gasteiger partial charge in [-0.1, -0.05) is 29.3 Å². The quantitative estimate of drug-likeness (QED) is 0.618. The molecule has 0 fully saturated rings. The van der Waals surface area contributed by atoms with Crippen LogP contribution in [0.4, 0.5) is 5.69 Å². The van der Waals surface area contributed by atoms with Gasteiger partial charge < -0.3 is 0 Å². The average molecular weight is 389 g/mol. The number of nitrogens with zero attached hydrogens (tertiary/aromatic N) is 1. The van der Waals surface area contributed by atoms with Crippen molar-refractivity contribution in [3.8, 4) is 0 Å². The van der Waals surface area contributed by atoms with E-state index in [9.17, 15) is 18.5 Å². The lowest BCUT2D eigenvalue weighted by molar-refractivity contribution is -0.385. The molecule has 0 saturated carbocycles. The lowest BCUT2D eigenvalue weighted by Crippen LogP contribution is -2.24. The topological polar surface area (TPSA) is 89.3 Å². The van der Waals surface area contributed by atoms with E-state index in [0.717, 1.165) is 11.6 Å². The minimum atomic E-state index is -3.93. The molecule has 0 aromatic heterocycles. The summed E-state index contributed by atoms with van der Waals surface area (Å²) in [7, 11) is -3.93. The number of aryl methyl sites for hydroxylation is 2. The Morgan fingerprint density at radius 3 is 2.38 bits per heavy atom. The maximum atomic E-state index is 12.5. The molecule has 0 amide bonds. The highest BCUT2D eigenvalue weighted by atomic mass is 35.5. The predicted octanol–water partition coefficient (Wildman–Crippen LogP) is 4.00. The summed E-state index contributed by atoms with van der Waals surface area (Å²) in [5, 5.41) is 11.7. The summed E-state index contributed by atoms with van der Waals surface area (Å²) >= 11 is 12.0. The van der Waals surface area contributed by atoms with Crippen molar-refractivity contribution < 1.29 is 13.3 Å². The SMILES string of the molecule is Cc1ccc([N+](=O)[O-])cc1S(=O)(=O)NCc1c(C)cc(Cl)cc1Cl. The number of non-ortho nitro benzene ring substituents is 1. The highest BCUT2D eigenvalue weighted by Gasteiger charge is 2.21. The molecule has 0 atom stereocenters. The lowest BCUT2D eigenvalue weighted by Gasteiger charge is -2.12. The molecular weight excluding hydrogens is 375 g/mol. The van der Waals surface area contributed by atoms with Gasteiger partial charge in [0.25, 0.3) is 5.69 Å². The molecule has 0 aliphatic carbocycles. The minimum absolute atomic E-state index is 0.0493. The maximum Gasteiger partial charge on any atom is 0.270 e. The first-order valence-corrected chi connectivity index (χ1v) is 9.05.